The van der Waals surface area contributed by atoms with Crippen molar-refractivity contribution in [2.75, 3.05) is 42.5 Å². The predicted molar refractivity (Wildman–Crippen MR) is 120 cm³/mol. The fraction of sp³-hybridized carbons (Fsp3) is 0.318. The van der Waals surface area contributed by atoms with Gasteiger partial charge in [-0.2, -0.15) is 5.10 Å². The predicted octanol–water partition coefficient (Wildman–Crippen LogP) is 1.88. The van der Waals surface area contributed by atoms with Crippen LogP contribution in [-0.2, 0) is 6.54 Å². The number of aryl methyl sites for hydroxylation is 1. The third-order valence-corrected chi connectivity index (χ3v) is 5.58. The molecule has 0 unspecified atom stereocenters. The summed E-state index contributed by atoms with van der Waals surface area (Å²) in [6.45, 7) is 6.24. The van der Waals surface area contributed by atoms with Crippen molar-refractivity contribution in [1.82, 2.24) is 30.2 Å². The lowest BCUT2D eigenvalue weighted by Crippen LogP contribution is -2.46. The quantitative estimate of drug-likeness (QED) is 0.492. The summed E-state index contributed by atoms with van der Waals surface area (Å²) in [7, 11) is 0. The summed E-state index contributed by atoms with van der Waals surface area (Å²) < 4.78 is 6.73. The van der Waals surface area contributed by atoms with Gasteiger partial charge in [-0.3, -0.25) is 4.79 Å². The van der Waals surface area contributed by atoms with Crippen LogP contribution in [0.5, 0.6) is 0 Å². The molecule has 4 heterocycles. The van der Waals surface area contributed by atoms with Crippen LogP contribution in [0.3, 0.4) is 0 Å². The van der Waals surface area contributed by atoms with E-state index >= 15 is 0 Å². The molecule has 32 heavy (non-hydrogen) atoms. The van der Waals surface area contributed by atoms with E-state index in [0.29, 0.717) is 18.8 Å². The number of carbonyl (C=O) groups excluding carboxylic acids is 1. The Balaban J connectivity index is 1.24. The molecule has 4 aromatic rings. The monoisotopic (exact) mass is 432 g/mol. The highest BCUT2D eigenvalue weighted by Crippen LogP contribution is 2.25. The van der Waals surface area contributed by atoms with Gasteiger partial charge in [-0.05, 0) is 19.1 Å². The molecule has 164 valence electrons. The Bertz CT molecular complexity index is 1210. The molecule has 1 amide bonds. The standard InChI is InChI=1S/C22H24N8O2/c1-16-13-19(27-32-16)22(31)23-7-8-30-21-18(14-26-30)20(24-15-25-21)29-11-9-28(10-12-29)17-5-3-2-4-6-17/h2-6,13-15H,7-12H2,1H3,(H,23,31). The second-order valence-corrected chi connectivity index (χ2v) is 7.69. The minimum Gasteiger partial charge on any atom is -0.368 e. The van der Waals surface area contributed by atoms with Crippen molar-refractivity contribution in [3.8, 4) is 0 Å². The number of nitrogens with zero attached hydrogens (tertiary/aromatic N) is 7. The van der Waals surface area contributed by atoms with E-state index in [1.54, 1.807) is 30.2 Å². The van der Waals surface area contributed by atoms with Crippen molar-refractivity contribution < 1.29 is 9.32 Å². The maximum absolute atomic E-state index is 12.1. The van der Waals surface area contributed by atoms with E-state index < -0.39 is 0 Å². The average molecular weight is 432 g/mol. The van der Waals surface area contributed by atoms with Crippen LogP contribution < -0.4 is 15.1 Å². The summed E-state index contributed by atoms with van der Waals surface area (Å²) in [6, 6.07) is 12.1. The molecule has 1 aliphatic rings. The maximum atomic E-state index is 12.1. The second-order valence-electron chi connectivity index (χ2n) is 7.69. The fourth-order valence-electron chi connectivity index (χ4n) is 3.95. The molecule has 1 aliphatic heterocycles. The highest BCUT2D eigenvalue weighted by molar-refractivity contribution is 5.92. The van der Waals surface area contributed by atoms with Gasteiger partial charge in [-0.25, -0.2) is 14.6 Å². The van der Waals surface area contributed by atoms with Crippen molar-refractivity contribution in [1.29, 1.82) is 0 Å². The minimum absolute atomic E-state index is 0.270. The number of piperazine rings is 1. The van der Waals surface area contributed by atoms with E-state index in [-0.39, 0.29) is 11.6 Å². The molecule has 0 aliphatic carbocycles. The normalized spacial score (nSPS) is 14.2. The Hall–Kier alpha value is -3.95. The molecule has 1 saturated heterocycles. The summed E-state index contributed by atoms with van der Waals surface area (Å²) in [4.78, 5) is 25.8. The van der Waals surface area contributed by atoms with Crippen molar-refractivity contribution in [3.63, 3.8) is 0 Å². The molecule has 1 N–H and O–H groups in total. The first-order valence-electron chi connectivity index (χ1n) is 10.6. The van der Waals surface area contributed by atoms with Gasteiger partial charge in [0.2, 0.25) is 0 Å². The van der Waals surface area contributed by atoms with Crippen molar-refractivity contribution in [3.05, 3.63) is 60.4 Å². The van der Waals surface area contributed by atoms with E-state index in [2.05, 4.69) is 59.6 Å². The van der Waals surface area contributed by atoms with Gasteiger partial charge < -0.3 is 19.6 Å². The van der Waals surface area contributed by atoms with E-state index in [0.717, 1.165) is 43.0 Å². The Morgan fingerprint density at radius 1 is 1.09 bits per heavy atom. The number of carbonyl (C=O) groups is 1. The number of amides is 1. The number of nitrogens with one attached hydrogen (secondary N) is 1. The molecule has 1 aromatic carbocycles. The molecule has 0 bridgehead atoms. The Morgan fingerprint density at radius 3 is 2.62 bits per heavy atom. The molecule has 10 nitrogen and oxygen atoms in total. The number of fused-ring (bicyclic) bond motifs is 1. The molecule has 0 atom stereocenters. The first-order chi connectivity index (χ1) is 15.7. The summed E-state index contributed by atoms with van der Waals surface area (Å²) in [6.07, 6.45) is 3.38. The number of hydrogen-bond acceptors (Lipinski definition) is 8. The van der Waals surface area contributed by atoms with Crippen molar-refractivity contribution >= 4 is 28.4 Å². The second kappa shape index (κ2) is 8.66. The van der Waals surface area contributed by atoms with Crippen LogP contribution >= 0.6 is 0 Å². The highest BCUT2D eigenvalue weighted by Gasteiger charge is 2.21. The summed E-state index contributed by atoms with van der Waals surface area (Å²) in [5, 5.41) is 12.0. The number of para-hydroxylation sites is 1. The Kier molecular flexibility index (Phi) is 5.40. The lowest BCUT2D eigenvalue weighted by Gasteiger charge is -2.36. The molecular weight excluding hydrogens is 408 g/mol. The lowest BCUT2D eigenvalue weighted by molar-refractivity contribution is 0.0943. The minimum atomic E-state index is -0.273. The number of benzene rings is 1. The first-order valence-corrected chi connectivity index (χ1v) is 10.6. The van der Waals surface area contributed by atoms with Gasteiger partial charge in [0.15, 0.2) is 11.3 Å². The molecule has 10 heteroatoms. The van der Waals surface area contributed by atoms with E-state index in [1.165, 1.54) is 5.69 Å². The van der Waals surface area contributed by atoms with E-state index in [1.807, 2.05) is 6.07 Å². The van der Waals surface area contributed by atoms with Gasteiger partial charge >= 0.3 is 0 Å². The zero-order valence-corrected chi connectivity index (χ0v) is 17.8. The zero-order chi connectivity index (χ0) is 21.9. The van der Waals surface area contributed by atoms with Crippen LogP contribution in [0, 0.1) is 6.92 Å². The van der Waals surface area contributed by atoms with Gasteiger partial charge in [-0.15, -0.1) is 0 Å². The molecule has 1 fully saturated rings. The van der Waals surface area contributed by atoms with E-state index in [4.69, 9.17) is 4.52 Å². The van der Waals surface area contributed by atoms with Gasteiger partial charge in [0.25, 0.3) is 5.91 Å². The Labute approximate surface area is 184 Å². The average Bonchev–Trinajstić information content (AvgIpc) is 3.46. The van der Waals surface area contributed by atoms with Crippen LogP contribution in [-0.4, -0.2) is 63.5 Å². The fourth-order valence-corrected chi connectivity index (χ4v) is 3.95. The Morgan fingerprint density at radius 2 is 1.88 bits per heavy atom. The molecule has 3 aromatic heterocycles. The summed E-state index contributed by atoms with van der Waals surface area (Å²) in [5.74, 6) is 1.23. The lowest BCUT2D eigenvalue weighted by atomic mass is 10.2. The highest BCUT2D eigenvalue weighted by atomic mass is 16.5. The summed E-state index contributed by atoms with van der Waals surface area (Å²) in [5.41, 5.74) is 2.27. The number of aromatic nitrogens is 5. The van der Waals surface area contributed by atoms with Gasteiger partial charge in [-0.1, -0.05) is 23.4 Å². The van der Waals surface area contributed by atoms with Crippen LogP contribution in [0.2, 0.25) is 0 Å². The van der Waals surface area contributed by atoms with Gasteiger partial charge in [0.1, 0.15) is 17.9 Å². The number of hydrogen-bond donors (Lipinski definition) is 1. The summed E-state index contributed by atoms with van der Waals surface area (Å²) >= 11 is 0. The maximum Gasteiger partial charge on any atom is 0.273 e. The van der Waals surface area contributed by atoms with Crippen LogP contribution in [0.4, 0.5) is 11.5 Å². The van der Waals surface area contributed by atoms with Gasteiger partial charge in [0.05, 0.1) is 18.1 Å². The molecule has 0 saturated carbocycles. The third kappa shape index (κ3) is 3.98. The molecule has 0 radical (unpaired) electrons. The van der Waals surface area contributed by atoms with Crippen molar-refractivity contribution in [2.45, 2.75) is 13.5 Å². The number of anilines is 2. The first kappa shape index (κ1) is 20.0. The van der Waals surface area contributed by atoms with Crippen LogP contribution in [0.15, 0.2) is 53.4 Å². The van der Waals surface area contributed by atoms with Crippen LogP contribution in [0.25, 0.3) is 11.0 Å². The SMILES string of the molecule is Cc1cc(C(=O)NCCn2ncc3c(N4CCN(c5ccccc5)CC4)ncnc32)no1. The van der Waals surface area contributed by atoms with Crippen LogP contribution in [0.1, 0.15) is 16.2 Å². The topological polar surface area (TPSA) is 105 Å². The molecular formula is C22H24N8O2. The smallest absolute Gasteiger partial charge is 0.273 e. The molecule has 0 spiro atoms. The molecule has 5 rings (SSSR count). The zero-order valence-electron chi connectivity index (χ0n) is 17.8. The van der Waals surface area contributed by atoms with E-state index in [9.17, 15) is 4.79 Å². The largest absolute Gasteiger partial charge is 0.368 e. The van der Waals surface area contributed by atoms with Gasteiger partial charge in [0, 0.05) is 44.5 Å². The third-order valence-electron chi connectivity index (χ3n) is 5.58. The number of rotatable bonds is 6. The van der Waals surface area contributed by atoms with Crippen molar-refractivity contribution in [2.24, 2.45) is 0 Å².